The Morgan fingerprint density at radius 3 is 2.33 bits per heavy atom. The molecule has 8 heteroatoms. The van der Waals surface area contributed by atoms with E-state index in [1.165, 1.54) is 12.1 Å². The van der Waals surface area contributed by atoms with Crippen molar-refractivity contribution in [2.45, 2.75) is 45.9 Å². The largest absolute Gasteiger partial charge is 0.467 e. The van der Waals surface area contributed by atoms with Crippen molar-refractivity contribution in [1.29, 1.82) is 0 Å². The number of pyridine rings is 1. The standard InChI is InChI=1S/C38H36ClNO5S/c1-6-43-23-44-37-32(20-25-18-24(2)12-14-30(25)33(37)22-38(3,4)5)36-35-31(16-17-40-36)29-15-13-27(39)19-26(29)21-34(35)45-46(41,42)28-10-8-7-9-11-28/h7-21H,6,22-23H2,1-5H3. The summed E-state index contributed by atoms with van der Waals surface area (Å²) in [5.41, 5.74) is 3.34. The first-order chi connectivity index (χ1) is 21.9. The molecule has 6 rings (SSSR count). The number of ether oxygens (including phenoxy) is 2. The fourth-order valence-electron chi connectivity index (χ4n) is 5.88. The summed E-state index contributed by atoms with van der Waals surface area (Å²) in [6.45, 7) is 11.1. The van der Waals surface area contributed by atoms with Gasteiger partial charge in [0.1, 0.15) is 10.6 Å². The maximum absolute atomic E-state index is 13.7. The van der Waals surface area contributed by atoms with Crippen LogP contribution in [0.4, 0.5) is 0 Å². The van der Waals surface area contributed by atoms with E-state index in [0.717, 1.165) is 50.0 Å². The Bertz CT molecular complexity index is 2190. The molecule has 0 radical (unpaired) electrons. The van der Waals surface area contributed by atoms with Gasteiger partial charge in [0.05, 0.1) is 11.1 Å². The molecule has 0 amide bonds. The molecule has 46 heavy (non-hydrogen) atoms. The molecule has 6 nitrogen and oxygen atoms in total. The quantitative estimate of drug-likeness (QED) is 0.0669. The molecule has 236 valence electrons. The number of hydrogen-bond acceptors (Lipinski definition) is 6. The molecule has 0 N–H and O–H groups in total. The third-order valence-corrected chi connectivity index (χ3v) is 9.31. The van der Waals surface area contributed by atoms with E-state index in [1.54, 1.807) is 36.5 Å². The highest BCUT2D eigenvalue weighted by Crippen LogP contribution is 2.46. The van der Waals surface area contributed by atoms with Gasteiger partial charge >= 0.3 is 10.1 Å². The third kappa shape index (κ3) is 6.41. The SMILES string of the molecule is CCOCOc1c(-c2nccc3c2c(OS(=O)(=O)c2ccccc2)cc2cc(Cl)ccc23)cc2cc(C)ccc2c1CC(C)(C)C. The van der Waals surface area contributed by atoms with Gasteiger partial charge in [-0.05, 0) is 95.1 Å². The van der Waals surface area contributed by atoms with Gasteiger partial charge in [0.15, 0.2) is 12.5 Å². The molecule has 0 spiro atoms. The Morgan fingerprint density at radius 1 is 0.848 bits per heavy atom. The number of aromatic nitrogens is 1. The second-order valence-electron chi connectivity index (χ2n) is 12.6. The number of rotatable bonds is 9. The van der Waals surface area contributed by atoms with Crippen LogP contribution >= 0.6 is 11.6 Å². The van der Waals surface area contributed by atoms with Gasteiger partial charge in [-0.3, -0.25) is 4.98 Å². The summed E-state index contributed by atoms with van der Waals surface area (Å²) in [6, 6.07) is 25.7. The zero-order valence-electron chi connectivity index (χ0n) is 26.6. The molecule has 1 aromatic heterocycles. The van der Waals surface area contributed by atoms with Crippen LogP contribution in [0.3, 0.4) is 0 Å². The lowest BCUT2D eigenvalue weighted by molar-refractivity contribution is 0.0221. The lowest BCUT2D eigenvalue weighted by Gasteiger charge is -2.25. The van der Waals surface area contributed by atoms with Gasteiger partial charge < -0.3 is 13.7 Å². The van der Waals surface area contributed by atoms with Gasteiger partial charge in [-0.15, -0.1) is 0 Å². The molecule has 0 aliphatic carbocycles. The van der Waals surface area contributed by atoms with Gasteiger partial charge in [0, 0.05) is 29.0 Å². The monoisotopic (exact) mass is 653 g/mol. The first-order valence-electron chi connectivity index (χ1n) is 15.2. The smallest absolute Gasteiger partial charge is 0.339 e. The van der Waals surface area contributed by atoms with E-state index < -0.39 is 10.1 Å². The number of halogens is 1. The van der Waals surface area contributed by atoms with Crippen molar-refractivity contribution in [2.75, 3.05) is 13.4 Å². The maximum Gasteiger partial charge on any atom is 0.339 e. The predicted molar refractivity (Wildman–Crippen MR) is 186 cm³/mol. The van der Waals surface area contributed by atoms with Crippen LogP contribution in [-0.2, 0) is 21.3 Å². The van der Waals surface area contributed by atoms with Gasteiger partial charge in [-0.25, -0.2) is 0 Å². The summed E-state index contributed by atoms with van der Waals surface area (Å²) in [7, 11) is -4.19. The molecule has 0 unspecified atom stereocenters. The molecule has 0 saturated carbocycles. The summed E-state index contributed by atoms with van der Waals surface area (Å²) in [5, 5.41) is 5.59. The van der Waals surface area contributed by atoms with Crippen LogP contribution in [0.15, 0.2) is 96.0 Å². The highest BCUT2D eigenvalue weighted by molar-refractivity contribution is 7.87. The van der Waals surface area contributed by atoms with E-state index in [9.17, 15) is 8.42 Å². The Balaban J connectivity index is 1.72. The summed E-state index contributed by atoms with van der Waals surface area (Å²) in [5.74, 6) is 0.794. The number of fused-ring (bicyclic) bond motifs is 4. The second-order valence-corrected chi connectivity index (χ2v) is 14.6. The number of benzene rings is 5. The molecule has 1 heterocycles. The van der Waals surface area contributed by atoms with E-state index in [1.807, 2.05) is 25.1 Å². The zero-order valence-corrected chi connectivity index (χ0v) is 28.1. The number of aryl methyl sites for hydroxylation is 1. The molecule has 0 fully saturated rings. The molecule has 5 aromatic carbocycles. The lowest BCUT2D eigenvalue weighted by Crippen LogP contribution is -2.13. The first-order valence-corrected chi connectivity index (χ1v) is 17.0. The lowest BCUT2D eigenvalue weighted by atomic mass is 9.83. The second kappa shape index (κ2) is 12.6. The van der Waals surface area contributed by atoms with Crippen LogP contribution in [0.25, 0.3) is 43.6 Å². The molecule has 0 atom stereocenters. The van der Waals surface area contributed by atoms with E-state index in [-0.39, 0.29) is 22.9 Å². The summed E-state index contributed by atoms with van der Waals surface area (Å²) < 4.78 is 45.4. The summed E-state index contributed by atoms with van der Waals surface area (Å²) in [6.07, 6.45) is 2.46. The van der Waals surface area contributed by atoms with Gasteiger partial charge in [0.2, 0.25) is 0 Å². The van der Waals surface area contributed by atoms with Crippen molar-refractivity contribution in [3.05, 3.63) is 107 Å². The average Bonchev–Trinajstić information content (AvgIpc) is 3.01. The third-order valence-electron chi connectivity index (χ3n) is 7.82. The van der Waals surface area contributed by atoms with Gasteiger partial charge in [-0.1, -0.05) is 80.4 Å². The molecule has 0 aliphatic rings. The van der Waals surface area contributed by atoms with E-state index in [4.69, 9.17) is 30.2 Å². The minimum absolute atomic E-state index is 0.0501. The summed E-state index contributed by atoms with van der Waals surface area (Å²) in [4.78, 5) is 4.95. The van der Waals surface area contributed by atoms with Crippen molar-refractivity contribution in [1.82, 2.24) is 4.98 Å². The normalized spacial score (nSPS) is 12.2. The van der Waals surface area contributed by atoms with Crippen LogP contribution in [-0.4, -0.2) is 26.8 Å². The molecular formula is C38H36ClNO5S. The zero-order chi connectivity index (χ0) is 32.6. The fraction of sp³-hybridized carbons (Fsp3) is 0.237. The van der Waals surface area contributed by atoms with Crippen molar-refractivity contribution >= 4 is 54.0 Å². The number of hydrogen-bond donors (Lipinski definition) is 0. The van der Waals surface area contributed by atoms with Crippen molar-refractivity contribution in [3.63, 3.8) is 0 Å². The Labute approximate surface area is 275 Å². The highest BCUT2D eigenvalue weighted by Gasteiger charge is 2.26. The van der Waals surface area contributed by atoms with Crippen molar-refractivity contribution < 1.29 is 22.1 Å². The summed E-state index contributed by atoms with van der Waals surface area (Å²) >= 11 is 6.40. The Morgan fingerprint density at radius 2 is 1.59 bits per heavy atom. The van der Waals surface area contributed by atoms with Crippen LogP contribution in [0.2, 0.25) is 5.02 Å². The Hall–Kier alpha value is -4.17. The van der Waals surface area contributed by atoms with Gasteiger partial charge in [0.25, 0.3) is 0 Å². The minimum atomic E-state index is -4.19. The van der Waals surface area contributed by atoms with Crippen molar-refractivity contribution in [3.8, 4) is 22.8 Å². The van der Waals surface area contributed by atoms with Crippen molar-refractivity contribution in [2.24, 2.45) is 5.41 Å². The molecular weight excluding hydrogens is 618 g/mol. The topological polar surface area (TPSA) is 74.7 Å². The molecule has 0 aliphatic heterocycles. The fourth-order valence-corrected chi connectivity index (χ4v) is 7.02. The first kappa shape index (κ1) is 31.8. The van der Waals surface area contributed by atoms with Gasteiger partial charge in [-0.2, -0.15) is 8.42 Å². The maximum atomic E-state index is 13.7. The van der Waals surface area contributed by atoms with Crippen LogP contribution < -0.4 is 8.92 Å². The predicted octanol–water partition coefficient (Wildman–Crippen LogP) is 9.90. The van der Waals surface area contributed by atoms with E-state index in [2.05, 4.69) is 52.0 Å². The Kier molecular flexibility index (Phi) is 8.68. The van der Waals surface area contributed by atoms with Crippen LogP contribution in [0, 0.1) is 12.3 Å². The van der Waals surface area contributed by atoms with E-state index >= 15 is 0 Å². The molecule has 0 bridgehead atoms. The highest BCUT2D eigenvalue weighted by atomic mass is 35.5. The number of nitrogens with zero attached hydrogens (tertiary/aromatic N) is 1. The average molecular weight is 654 g/mol. The van der Waals surface area contributed by atoms with E-state index in [0.29, 0.717) is 28.5 Å². The minimum Gasteiger partial charge on any atom is -0.467 e. The molecule has 0 saturated heterocycles. The molecule has 6 aromatic rings. The van der Waals surface area contributed by atoms with Crippen LogP contribution in [0.5, 0.6) is 11.5 Å². The van der Waals surface area contributed by atoms with Crippen LogP contribution in [0.1, 0.15) is 38.8 Å².